The Bertz CT molecular complexity index is 580. The number of hydrogen-bond donors (Lipinski definition) is 1. The highest BCUT2D eigenvalue weighted by Crippen LogP contribution is 2.27. The second-order valence-electron chi connectivity index (χ2n) is 5.10. The second-order valence-corrected chi connectivity index (χ2v) is 5.95. The minimum absolute atomic E-state index is 0.129. The van der Waals surface area contributed by atoms with Crippen LogP contribution in [0.2, 0.25) is 10.0 Å². The average molecular weight is 326 g/mol. The number of furan rings is 1. The van der Waals surface area contributed by atoms with Crippen molar-refractivity contribution in [1.82, 2.24) is 5.32 Å². The van der Waals surface area contributed by atoms with Gasteiger partial charge in [-0.1, -0.05) is 43.1 Å². The summed E-state index contributed by atoms with van der Waals surface area (Å²) >= 11 is 12.2. The van der Waals surface area contributed by atoms with Crippen molar-refractivity contribution in [3.63, 3.8) is 0 Å². The first-order valence-electron chi connectivity index (χ1n) is 7.40. The van der Waals surface area contributed by atoms with E-state index in [4.69, 9.17) is 27.6 Å². The minimum Gasteiger partial charge on any atom is -0.464 e. The Hall–Kier alpha value is -0.960. The molecule has 0 radical (unpaired) electrons. The first-order chi connectivity index (χ1) is 10.1. The summed E-state index contributed by atoms with van der Waals surface area (Å²) in [6.45, 7) is 5.18. The third kappa shape index (κ3) is 4.50. The predicted octanol–water partition coefficient (Wildman–Crippen LogP) is 5.43. The van der Waals surface area contributed by atoms with Crippen LogP contribution in [0.3, 0.4) is 0 Å². The summed E-state index contributed by atoms with van der Waals surface area (Å²) < 4.78 is 5.90. The Morgan fingerprint density at radius 2 is 1.95 bits per heavy atom. The number of hydrogen-bond acceptors (Lipinski definition) is 2. The van der Waals surface area contributed by atoms with Gasteiger partial charge in [0, 0.05) is 16.5 Å². The third-order valence-corrected chi connectivity index (χ3v) is 4.04. The molecule has 0 aliphatic heterocycles. The van der Waals surface area contributed by atoms with Crippen molar-refractivity contribution in [1.29, 1.82) is 0 Å². The van der Waals surface area contributed by atoms with E-state index in [1.807, 2.05) is 18.2 Å². The number of benzene rings is 1. The Morgan fingerprint density at radius 3 is 2.57 bits per heavy atom. The standard InChI is InChI=1S/C17H21Cl2NO/c1-3-9-20-16(17-8-7-14(4-2)21-17)10-12-5-6-13(18)11-15(12)19/h5-8,11,16,20H,3-4,9-10H2,1-2H3. The molecule has 0 bridgehead atoms. The van der Waals surface area contributed by atoms with Crippen LogP contribution < -0.4 is 5.32 Å². The van der Waals surface area contributed by atoms with Gasteiger partial charge in [-0.2, -0.15) is 0 Å². The van der Waals surface area contributed by atoms with Gasteiger partial charge in [0.25, 0.3) is 0 Å². The molecule has 0 saturated carbocycles. The monoisotopic (exact) mass is 325 g/mol. The lowest BCUT2D eigenvalue weighted by Gasteiger charge is -2.17. The van der Waals surface area contributed by atoms with Gasteiger partial charge in [0.15, 0.2) is 0 Å². The molecule has 1 aromatic carbocycles. The van der Waals surface area contributed by atoms with Crippen LogP contribution in [0, 0.1) is 0 Å². The van der Waals surface area contributed by atoms with Gasteiger partial charge in [0.05, 0.1) is 6.04 Å². The first-order valence-corrected chi connectivity index (χ1v) is 8.15. The molecule has 4 heteroatoms. The van der Waals surface area contributed by atoms with Crippen molar-refractivity contribution in [2.24, 2.45) is 0 Å². The summed E-state index contributed by atoms with van der Waals surface area (Å²) in [5, 5.41) is 4.89. The number of rotatable bonds is 7. The molecular weight excluding hydrogens is 305 g/mol. The van der Waals surface area contributed by atoms with Gasteiger partial charge in [0.1, 0.15) is 11.5 Å². The highest BCUT2D eigenvalue weighted by atomic mass is 35.5. The van der Waals surface area contributed by atoms with Crippen LogP contribution in [0.5, 0.6) is 0 Å². The van der Waals surface area contributed by atoms with Gasteiger partial charge in [-0.15, -0.1) is 0 Å². The topological polar surface area (TPSA) is 25.2 Å². The first kappa shape index (κ1) is 16.4. The van der Waals surface area contributed by atoms with E-state index in [0.29, 0.717) is 10.0 Å². The molecule has 0 amide bonds. The lowest BCUT2D eigenvalue weighted by Crippen LogP contribution is -2.23. The van der Waals surface area contributed by atoms with E-state index >= 15 is 0 Å². The van der Waals surface area contributed by atoms with Gasteiger partial charge in [-0.05, 0) is 49.2 Å². The molecule has 2 nitrogen and oxygen atoms in total. The molecule has 114 valence electrons. The van der Waals surface area contributed by atoms with E-state index in [9.17, 15) is 0 Å². The van der Waals surface area contributed by atoms with Gasteiger partial charge < -0.3 is 9.73 Å². The Labute approximate surface area is 136 Å². The summed E-state index contributed by atoms with van der Waals surface area (Å²) in [5.74, 6) is 1.97. The minimum atomic E-state index is 0.129. The largest absolute Gasteiger partial charge is 0.464 e. The zero-order chi connectivity index (χ0) is 15.2. The average Bonchev–Trinajstić information content (AvgIpc) is 2.94. The molecule has 0 aliphatic carbocycles. The van der Waals surface area contributed by atoms with E-state index in [2.05, 4.69) is 25.2 Å². The lowest BCUT2D eigenvalue weighted by atomic mass is 10.0. The Morgan fingerprint density at radius 1 is 1.14 bits per heavy atom. The maximum atomic E-state index is 6.28. The van der Waals surface area contributed by atoms with E-state index in [-0.39, 0.29) is 6.04 Å². The van der Waals surface area contributed by atoms with E-state index in [1.165, 1.54) is 0 Å². The van der Waals surface area contributed by atoms with Gasteiger partial charge in [0.2, 0.25) is 0 Å². The van der Waals surface area contributed by atoms with Crippen molar-refractivity contribution in [2.75, 3.05) is 6.54 Å². The molecule has 0 spiro atoms. The molecule has 21 heavy (non-hydrogen) atoms. The van der Waals surface area contributed by atoms with Gasteiger partial charge in [-0.25, -0.2) is 0 Å². The second kappa shape index (κ2) is 7.88. The van der Waals surface area contributed by atoms with E-state index < -0.39 is 0 Å². The third-order valence-electron chi connectivity index (χ3n) is 3.45. The van der Waals surface area contributed by atoms with Crippen molar-refractivity contribution in [3.05, 3.63) is 57.5 Å². The number of halogens is 2. The fourth-order valence-corrected chi connectivity index (χ4v) is 2.76. The van der Waals surface area contributed by atoms with Crippen LogP contribution in [0.15, 0.2) is 34.7 Å². The fourth-order valence-electron chi connectivity index (χ4n) is 2.27. The highest BCUT2D eigenvalue weighted by molar-refractivity contribution is 6.35. The molecule has 2 rings (SSSR count). The molecule has 0 saturated heterocycles. The number of nitrogens with one attached hydrogen (secondary N) is 1. The van der Waals surface area contributed by atoms with Crippen molar-refractivity contribution < 1.29 is 4.42 Å². The van der Waals surface area contributed by atoms with Crippen molar-refractivity contribution >= 4 is 23.2 Å². The van der Waals surface area contributed by atoms with Gasteiger partial charge >= 0.3 is 0 Å². The molecule has 1 aromatic heterocycles. The normalized spacial score (nSPS) is 12.6. The van der Waals surface area contributed by atoms with Crippen molar-refractivity contribution in [3.8, 4) is 0 Å². The molecule has 0 aliphatic rings. The zero-order valence-electron chi connectivity index (χ0n) is 12.5. The zero-order valence-corrected chi connectivity index (χ0v) is 14.0. The summed E-state index contributed by atoms with van der Waals surface area (Å²) in [5.41, 5.74) is 1.07. The van der Waals surface area contributed by atoms with E-state index in [0.717, 1.165) is 42.9 Å². The maximum absolute atomic E-state index is 6.28. The van der Waals surface area contributed by atoms with Crippen LogP contribution in [0.25, 0.3) is 0 Å². The molecule has 1 heterocycles. The SMILES string of the molecule is CCCNC(Cc1ccc(Cl)cc1Cl)c1ccc(CC)o1. The summed E-state index contributed by atoms with van der Waals surface area (Å²) in [6.07, 6.45) is 2.76. The van der Waals surface area contributed by atoms with Crippen molar-refractivity contribution in [2.45, 2.75) is 39.2 Å². The van der Waals surface area contributed by atoms with E-state index in [1.54, 1.807) is 6.07 Å². The predicted molar refractivity (Wildman–Crippen MR) is 89.3 cm³/mol. The van der Waals surface area contributed by atoms with Crippen LogP contribution in [0.4, 0.5) is 0 Å². The van der Waals surface area contributed by atoms with Crippen LogP contribution in [-0.4, -0.2) is 6.54 Å². The highest BCUT2D eigenvalue weighted by Gasteiger charge is 2.17. The lowest BCUT2D eigenvalue weighted by molar-refractivity contribution is 0.392. The van der Waals surface area contributed by atoms with Crippen LogP contribution in [0.1, 0.15) is 43.4 Å². The molecule has 1 unspecified atom stereocenters. The molecule has 2 aromatic rings. The molecule has 1 N–H and O–H groups in total. The quantitative estimate of drug-likeness (QED) is 0.734. The Balaban J connectivity index is 2.19. The fraction of sp³-hybridized carbons (Fsp3) is 0.412. The summed E-state index contributed by atoms with van der Waals surface area (Å²) in [7, 11) is 0. The summed E-state index contributed by atoms with van der Waals surface area (Å²) in [6, 6.07) is 9.86. The smallest absolute Gasteiger partial charge is 0.121 e. The number of aryl methyl sites for hydroxylation is 1. The molecular formula is C17H21Cl2NO. The molecule has 0 fully saturated rings. The van der Waals surface area contributed by atoms with Gasteiger partial charge in [-0.3, -0.25) is 0 Å². The van der Waals surface area contributed by atoms with Crippen LogP contribution >= 0.6 is 23.2 Å². The van der Waals surface area contributed by atoms with Crippen LogP contribution in [-0.2, 0) is 12.8 Å². The Kier molecular flexibility index (Phi) is 6.16. The maximum Gasteiger partial charge on any atom is 0.121 e. The summed E-state index contributed by atoms with van der Waals surface area (Å²) in [4.78, 5) is 0. The molecule has 1 atom stereocenters.